The van der Waals surface area contributed by atoms with Gasteiger partial charge in [0.1, 0.15) is 6.29 Å². The normalized spacial score (nSPS) is 31.9. The Labute approximate surface area is 227 Å². The third-order valence-corrected chi connectivity index (χ3v) is 8.96. The SMILES string of the molecule is CPC.O=CC1CC2(C1)CC(c1cc(F)c(F)c(F)c1)C2.OCC1CC2(C1)CC(c1cc(F)c(F)c(F)c1)C2. The molecule has 4 saturated carbocycles. The second-order valence-electron chi connectivity index (χ2n) is 12.1. The largest absolute Gasteiger partial charge is 0.396 e. The maximum absolute atomic E-state index is 13.1. The van der Waals surface area contributed by atoms with Crippen LogP contribution in [0.1, 0.15) is 74.3 Å². The van der Waals surface area contributed by atoms with Crippen LogP contribution in [0.25, 0.3) is 0 Å². The Balaban J connectivity index is 0.000000165. The summed E-state index contributed by atoms with van der Waals surface area (Å²) < 4.78 is 78.1. The molecular formula is C30H35F6O2P. The first-order chi connectivity index (χ1) is 18.5. The second-order valence-corrected chi connectivity index (χ2v) is 13.1. The van der Waals surface area contributed by atoms with Gasteiger partial charge in [0.2, 0.25) is 0 Å². The van der Waals surface area contributed by atoms with Crippen LogP contribution in [0.2, 0.25) is 0 Å². The molecule has 2 spiro atoms. The molecular weight excluding hydrogens is 537 g/mol. The van der Waals surface area contributed by atoms with E-state index in [4.69, 9.17) is 5.11 Å². The molecule has 0 aliphatic heterocycles. The number of aliphatic hydroxyl groups excluding tert-OH is 1. The molecule has 0 saturated heterocycles. The minimum atomic E-state index is -1.41. The molecule has 2 aromatic carbocycles. The Kier molecular flexibility index (Phi) is 9.17. The van der Waals surface area contributed by atoms with Gasteiger partial charge in [-0.15, -0.1) is 8.58 Å². The number of halogens is 6. The first-order valence-electron chi connectivity index (χ1n) is 13.4. The van der Waals surface area contributed by atoms with Crippen molar-refractivity contribution in [2.75, 3.05) is 19.9 Å². The molecule has 4 fully saturated rings. The van der Waals surface area contributed by atoms with Crippen LogP contribution in [0.15, 0.2) is 24.3 Å². The molecule has 0 heterocycles. The number of carbonyl (C=O) groups excluding carboxylic acids is 1. The van der Waals surface area contributed by atoms with Crippen molar-refractivity contribution in [3.63, 3.8) is 0 Å². The van der Waals surface area contributed by atoms with Crippen LogP contribution < -0.4 is 0 Å². The molecule has 39 heavy (non-hydrogen) atoms. The second kappa shape index (κ2) is 11.9. The number of rotatable bonds is 4. The van der Waals surface area contributed by atoms with Gasteiger partial charge in [0.05, 0.1) is 0 Å². The van der Waals surface area contributed by atoms with Crippen molar-refractivity contribution in [3.05, 3.63) is 70.3 Å². The highest BCUT2D eigenvalue weighted by Crippen LogP contribution is 2.64. The van der Waals surface area contributed by atoms with Crippen molar-refractivity contribution < 1.29 is 36.2 Å². The first-order valence-corrected chi connectivity index (χ1v) is 15.4. The fourth-order valence-corrected chi connectivity index (χ4v) is 7.17. The van der Waals surface area contributed by atoms with Gasteiger partial charge in [-0.05, 0) is 129 Å². The van der Waals surface area contributed by atoms with Gasteiger partial charge in [-0.3, -0.25) is 0 Å². The van der Waals surface area contributed by atoms with Gasteiger partial charge in [0, 0.05) is 12.5 Å². The molecule has 0 radical (unpaired) electrons. The monoisotopic (exact) mass is 572 g/mol. The van der Waals surface area contributed by atoms with E-state index in [9.17, 15) is 31.1 Å². The standard InChI is InChI=1S/C14H15F3O.C14H13F3O.C2H7P/c2*15-11-1-9(2-12(16)13(11)17)10-5-14(6-10)3-8(4-14)7-18;1-3-2/h1-2,8,10,18H,3-7H2;1-2,7-8,10H,3-6H2;3H,1-2H3. The number of hydrogen-bond acceptors (Lipinski definition) is 2. The van der Waals surface area contributed by atoms with Crippen molar-refractivity contribution in [2.24, 2.45) is 22.7 Å². The molecule has 0 aromatic heterocycles. The van der Waals surface area contributed by atoms with E-state index in [1.54, 1.807) is 0 Å². The summed E-state index contributed by atoms with van der Waals surface area (Å²) in [6.45, 7) is 4.53. The predicted octanol–water partition coefficient (Wildman–Crippen LogP) is 7.87. The van der Waals surface area contributed by atoms with Gasteiger partial charge in [0.15, 0.2) is 34.9 Å². The number of carbonyl (C=O) groups is 1. The summed E-state index contributed by atoms with van der Waals surface area (Å²) >= 11 is 0. The Morgan fingerprint density at radius 2 is 1.05 bits per heavy atom. The molecule has 0 bridgehead atoms. The lowest BCUT2D eigenvalue weighted by atomic mass is 9.47. The van der Waals surface area contributed by atoms with Crippen molar-refractivity contribution in [2.45, 2.75) is 63.2 Å². The van der Waals surface area contributed by atoms with Crippen LogP contribution in [-0.4, -0.2) is 31.3 Å². The van der Waals surface area contributed by atoms with Gasteiger partial charge < -0.3 is 9.90 Å². The maximum Gasteiger partial charge on any atom is 0.194 e. The molecule has 0 unspecified atom stereocenters. The molecule has 0 amide bonds. The van der Waals surface area contributed by atoms with E-state index in [-0.39, 0.29) is 35.2 Å². The highest BCUT2D eigenvalue weighted by Gasteiger charge is 2.53. The molecule has 9 heteroatoms. The zero-order chi connectivity index (χ0) is 28.5. The van der Waals surface area contributed by atoms with Crippen LogP contribution in [-0.2, 0) is 4.79 Å². The Morgan fingerprint density at radius 3 is 1.36 bits per heavy atom. The maximum atomic E-state index is 13.1. The zero-order valence-corrected chi connectivity index (χ0v) is 23.2. The molecule has 214 valence electrons. The average Bonchev–Trinajstić information content (AvgIpc) is 2.78. The van der Waals surface area contributed by atoms with Gasteiger partial charge >= 0.3 is 0 Å². The lowest BCUT2D eigenvalue weighted by Gasteiger charge is -2.58. The van der Waals surface area contributed by atoms with E-state index < -0.39 is 34.9 Å². The topological polar surface area (TPSA) is 37.3 Å². The quantitative estimate of drug-likeness (QED) is 0.175. The molecule has 4 aliphatic carbocycles. The van der Waals surface area contributed by atoms with Gasteiger partial charge in [-0.1, -0.05) is 0 Å². The van der Waals surface area contributed by atoms with E-state index in [1.165, 1.54) is 0 Å². The molecule has 4 aliphatic rings. The first kappa shape index (κ1) is 30.0. The third-order valence-electron chi connectivity index (χ3n) is 8.96. The summed E-state index contributed by atoms with van der Waals surface area (Å²) in [6, 6.07) is 4.40. The summed E-state index contributed by atoms with van der Waals surface area (Å²) in [5.41, 5.74) is 1.58. The number of benzene rings is 2. The van der Waals surface area contributed by atoms with Gasteiger partial charge in [-0.25, -0.2) is 26.3 Å². The van der Waals surface area contributed by atoms with E-state index in [1.807, 2.05) is 0 Å². The number of aldehydes is 1. The summed E-state index contributed by atoms with van der Waals surface area (Å²) in [5, 5.41) is 8.98. The van der Waals surface area contributed by atoms with Crippen LogP contribution in [0.4, 0.5) is 26.3 Å². The summed E-state index contributed by atoms with van der Waals surface area (Å²) in [4.78, 5) is 10.6. The fraction of sp³-hybridized carbons (Fsp3) is 0.567. The Bertz CT molecular complexity index is 1130. The Hall–Kier alpha value is -1.92. The molecule has 2 nitrogen and oxygen atoms in total. The highest BCUT2D eigenvalue weighted by molar-refractivity contribution is 7.35. The summed E-state index contributed by atoms with van der Waals surface area (Å²) in [5.74, 6) is -6.46. The van der Waals surface area contributed by atoms with Crippen LogP contribution in [0, 0.1) is 57.6 Å². The third kappa shape index (κ3) is 6.22. The molecule has 1 N–H and O–H groups in total. The minimum Gasteiger partial charge on any atom is -0.396 e. The molecule has 0 atom stereocenters. The average molecular weight is 573 g/mol. The van der Waals surface area contributed by atoms with E-state index in [0.29, 0.717) is 17.0 Å². The van der Waals surface area contributed by atoms with Crippen molar-refractivity contribution >= 4 is 14.9 Å². The van der Waals surface area contributed by atoms with Gasteiger partial charge in [-0.2, -0.15) is 0 Å². The lowest BCUT2D eigenvalue weighted by molar-refractivity contribution is -0.123. The number of hydrogen-bond donors (Lipinski definition) is 1. The summed E-state index contributed by atoms with van der Waals surface area (Å²) in [7, 11) is 1.08. The number of aliphatic hydroxyl groups is 1. The van der Waals surface area contributed by atoms with Gasteiger partial charge in [0.25, 0.3) is 0 Å². The lowest BCUT2D eigenvalue weighted by Crippen LogP contribution is -2.47. The van der Waals surface area contributed by atoms with E-state index in [2.05, 4.69) is 13.3 Å². The predicted molar refractivity (Wildman–Crippen MR) is 140 cm³/mol. The zero-order valence-electron chi connectivity index (χ0n) is 22.2. The Morgan fingerprint density at radius 1 is 0.718 bits per heavy atom. The van der Waals surface area contributed by atoms with Crippen molar-refractivity contribution in [3.8, 4) is 0 Å². The molecule has 2 aromatic rings. The van der Waals surface area contributed by atoms with Crippen LogP contribution in [0.5, 0.6) is 0 Å². The summed E-state index contributed by atoms with van der Waals surface area (Å²) in [6.07, 6.45) is 8.26. The minimum absolute atomic E-state index is 0.0993. The van der Waals surface area contributed by atoms with Crippen molar-refractivity contribution in [1.29, 1.82) is 0 Å². The van der Waals surface area contributed by atoms with Crippen LogP contribution >= 0.6 is 8.58 Å². The van der Waals surface area contributed by atoms with Crippen LogP contribution in [0.3, 0.4) is 0 Å². The highest BCUT2D eigenvalue weighted by atomic mass is 31.1. The van der Waals surface area contributed by atoms with Crippen molar-refractivity contribution in [1.82, 2.24) is 0 Å². The molecule has 6 rings (SSSR count). The van der Waals surface area contributed by atoms with E-state index in [0.717, 1.165) is 90.5 Å². The van der Waals surface area contributed by atoms with E-state index >= 15 is 0 Å². The fourth-order valence-electron chi connectivity index (χ4n) is 7.17. The smallest absolute Gasteiger partial charge is 0.194 e.